The van der Waals surface area contributed by atoms with Crippen LogP contribution in [-0.2, 0) is 9.78 Å². The Morgan fingerprint density at radius 2 is 1.56 bits per heavy atom. The van der Waals surface area contributed by atoms with Crippen LogP contribution in [0.25, 0.3) is 0 Å². The van der Waals surface area contributed by atoms with Gasteiger partial charge < -0.3 is 5.11 Å². The summed E-state index contributed by atoms with van der Waals surface area (Å²) in [5.41, 5.74) is -0.0989. The summed E-state index contributed by atoms with van der Waals surface area (Å²) in [5.74, 6) is 0.415. The second kappa shape index (κ2) is 5.99. The van der Waals surface area contributed by atoms with E-state index in [9.17, 15) is 5.11 Å². The third-order valence-corrected chi connectivity index (χ3v) is 1.97. The van der Waals surface area contributed by atoms with Crippen LogP contribution in [-0.4, -0.2) is 17.0 Å². The molecule has 98 valence electrons. The molecule has 0 spiro atoms. The van der Waals surface area contributed by atoms with Crippen molar-refractivity contribution in [3.63, 3.8) is 0 Å². The summed E-state index contributed by atoms with van der Waals surface area (Å²) in [6.07, 6.45) is 0.826. The lowest BCUT2D eigenvalue weighted by Crippen LogP contribution is -2.26. The van der Waals surface area contributed by atoms with Gasteiger partial charge in [0, 0.05) is 6.42 Å². The standard InChI is InChI=1S/C13H28O3/c1-10(9-12(2,3)4)8-11(14)15-16-13(5,6)7/h10-11,14H,8-9H2,1-7H3. The summed E-state index contributed by atoms with van der Waals surface area (Å²) < 4.78 is 0. The van der Waals surface area contributed by atoms with Crippen molar-refractivity contribution in [3.8, 4) is 0 Å². The van der Waals surface area contributed by atoms with Gasteiger partial charge in [-0.25, -0.2) is 9.78 Å². The maximum Gasteiger partial charge on any atom is 0.188 e. The Morgan fingerprint density at radius 3 is 1.94 bits per heavy atom. The molecule has 0 saturated heterocycles. The highest BCUT2D eigenvalue weighted by molar-refractivity contribution is 4.67. The average Bonchev–Trinajstić information content (AvgIpc) is 1.95. The number of hydrogen-bond acceptors (Lipinski definition) is 3. The van der Waals surface area contributed by atoms with E-state index in [0.29, 0.717) is 12.3 Å². The maximum atomic E-state index is 9.63. The van der Waals surface area contributed by atoms with Crippen LogP contribution < -0.4 is 0 Å². The Hall–Kier alpha value is -0.120. The van der Waals surface area contributed by atoms with Gasteiger partial charge in [-0.1, -0.05) is 27.7 Å². The third-order valence-electron chi connectivity index (χ3n) is 1.97. The van der Waals surface area contributed by atoms with Gasteiger partial charge in [-0.3, -0.25) is 0 Å². The van der Waals surface area contributed by atoms with Gasteiger partial charge in [0.2, 0.25) is 0 Å². The highest BCUT2D eigenvalue weighted by atomic mass is 17.2. The molecule has 16 heavy (non-hydrogen) atoms. The number of hydrogen-bond donors (Lipinski definition) is 1. The van der Waals surface area contributed by atoms with Gasteiger partial charge in [-0.15, -0.1) is 0 Å². The van der Waals surface area contributed by atoms with Gasteiger partial charge in [-0.2, -0.15) is 0 Å². The highest BCUT2D eigenvalue weighted by Gasteiger charge is 2.20. The van der Waals surface area contributed by atoms with Gasteiger partial charge in [0.1, 0.15) is 0 Å². The molecule has 0 radical (unpaired) electrons. The van der Waals surface area contributed by atoms with Crippen molar-refractivity contribution >= 4 is 0 Å². The van der Waals surface area contributed by atoms with Crippen LogP contribution >= 0.6 is 0 Å². The second-order valence-corrected chi connectivity index (χ2v) is 6.85. The molecule has 0 aliphatic rings. The zero-order valence-corrected chi connectivity index (χ0v) is 11.8. The molecular weight excluding hydrogens is 204 g/mol. The van der Waals surface area contributed by atoms with E-state index in [4.69, 9.17) is 9.78 Å². The fourth-order valence-electron chi connectivity index (χ4n) is 1.71. The van der Waals surface area contributed by atoms with E-state index in [1.54, 1.807) is 0 Å². The topological polar surface area (TPSA) is 38.7 Å². The molecule has 0 aromatic rings. The molecule has 0 saturated carbocycles. The summed E-state index contributed by atoms with van der Waals surface area (Å²) >= 11 is 0. The van der Waals surface area contributed by atoms with Crippen molar-refractivity contribution in [1.29, 1.82) is 0 Å². The monoisotopic (exact) mass is 232 g/mol. The lowest BCUT2D eigenvalue weighted by Gasteiger charge is -2.26. The quantitative estimate of drug-likeness (QED) is 0.448. The molecule has 0 rings (SSSR count). The molecule has 3 heteroatoms. The minimum absolute atomic E-state index is 0.282. The van der Waals surface area contributed by atoms with Gasteiger partial charge in [0.25, 0.3) is 0 Å². The van der Waals surface area contributed by atoms with E-state index < -0.39 is 6.29 Å². The van der Waals surface area contributed by atoms with Crippen LogP contribution in [0.3, 0.4) is 0 Å². The smallest absolute Gasteiger partial charge is 0.188 e. The molecule has 0 aromatic heterocycles. The summed E-state index contributed by atoms with van der Waals surface area (Å²) in [6, 6.07) is 0. The SMILES string of the molecule is CC(CC(O)OOC(C)(C)C)CC(C)(C)C. The van der Waals surface area contributed by atoms with E-state index in [2.05, 4.69) is 27.7 Å². The van der Waals surface area contributed by atoms with Gasteiger partial charge in [-0.05, 0) is 38.5 Å². The number of aliphatic hydroxyl groups is 1. The zero-order chi connectivity index (χ0) is 13.0. The summed E-state index contributed by atoms with van der Waals surface area (Å²) in [7, 11) is 0. The molecule has 0 aliphatic heterocycles. The van der Waals surface area contributed by atoms with Crippen molar-refractivity contribution in [1.82, 2.24) is 0 Å². The van der Waals surface area contributed by atoms with Gasteiger partial charge in [0.05, 0.1) is 5.60 Å². The Labute approximate surface area is 100 Å². The van der Waals surface area contributed by atoms with E-state index in [0.717, 1.165) is 6.42 Å². The predicted molar refractivity (Wildman–Crippen MR) is 65.8 cm³/mol. The average molecular weight is 232 g/mol. The summed E-state index contributed by atoms with van der Waals surface area (Å²) in [4.78, 5) is 10.0. The lowest BCUT2D eigenvalue weighted by atomic mass is 9.84. The summed E-state index contributed by atoms with van der Waals surface area (Å²) in [5, 5.41) is 9.63. The van der Waals surface area contributed by atoms with Gasteiger partial charge in [0.15, 0.2) is 6.29 Å². The second-order valence-electron chi connectivity index (χ2n) is 6.85. The van der Waals surface area contributed by atoms with E-state index in [1.807, 2.05) is 20.8 Å². The first-order chi connectivity index (χ1) is 6.99. The molecule has 0 fully saturated rings. The van der Waals surface area contributed by atoms with E-state index >= 15 is 0 Å². The van der Waals surface area contributed by atoms with E-state index in [1.165, 1.54) is 0 Å². The Bertz CT molecular complexity index is 188. The zero-order valence-electron chi connectivity index (χ0n) is 11.8. The van der Waals surface area contributed by atoms with Crippen LogP contribution in [0.2, 0.25) is 0 Å². The van der Waals surface area contributed by atoms with Gasteiger partial charge >= 0.3 is 0 Å². The molecular formula is C13H28O3. The molecule has 0 heterocycles. The predicted octanol–water partition coefficient (Wildman–Crippen LogP) is 3.51. The number of aliphatic hydroxyl groups excluding tert-OH is 1. The maximum absolute atomic E-state index is 9.63. The first-order valence-corrected chi connectivity index (χ1v) is 6.02. The molecule has 0 aliphatic carbocycles. The first kappa shape index (κ1) is 15.9. The van der Waals surface area contributed by atoms with Crippen molar-refractivity contribution in [2.45, 2.75) is 73.2 Å². The molecule has 0 aromatic carbocycles. The first-order valence-electron chi connectivity index (χ1n) is 6.02. The van der Waals surface area contributed by atoms with Crippen LogP contribution in [0.5, 0.6) is 0 Å². The fourth-order valence-corrected chi connectivity index (χ4v) is 1.71. The molecule has 0 bridgehead atoms. The van der Waals surface area contributed by atoms with Crippen LogP contribution in [0, 0.1) is 11.3 Å². The largest absolute Gasteiger partial charge is 0.366 e. The van der Waals surface area contributed by atoms with Crippen molar-refractivity contribution in [2.75, 3.05) is 0 Å². The molecule has 2 unspecified atom stereocenters. The Morgan fingerprint density at radius 1 is 1.06 bits per heavy atom. The van der Waals surface area contributed by atoms with Crippen molar-refractivity contribution in [3.05, 3.63) is 0 Å². The molecule has 0 amide bonds. The molecule has 3 nitrogen and oxygen atoms in total. The minimum atomic E-state index is -0.837. The van der Waals surface area contributed by atoms with Crippen LogP contribution in [0.15, 0.2) is 0 Å². The van der Waals surface area contributed by atoms with E-state index in [-0.39, 0.29) is 11.0 Å². The van der Waals surface area contributed by atoms with Crippen LogP contribution in [0.4, 0.5) is 0 Å². The lowest BCUT2D eigenvalue weighted by molar-refractivity contribution is -0.411. The molecule has 1 N–H and O–H groups in total. The van der Waals surface area contributed by atoms with Crippen molar-refractivity contribution < 1.29 is 14.9 Å². The minimum Gasteiger partial charge on any atom is -0.366 e. The molecule has 2 atom stereocenters. The highest BCUT2D eigenvalue weighted by Crippen LogP contribution is 2.27. The normalized spacial score (nSPS) is 17.2. The Balaban J connectivity index is 3.83. The number of rotatable bonds is 5. The Kier molecular flexibility index (Phi) is 5.94. The third kappa shape index (κ3) is 10.4. The summed E-state index contributed by atoms with van der Waals surface area (Å²) in [6.45, 7) is 14.4. The van der Waals surface area contributed by atoms with Crippen molar-refractivity contribution in [2.24, 2.45) is 11.3 Å². The fraction of sp³-hybridized carbons (Fsp3) is 1.00. The van der Waals surface area contributed by atoms with Crippen LogP contribution in [0.1, 0.15) is 61.3 Å².